The Bertz CT molecular complexity index is 1050. The van der Waals surface area contributed by atoms with Gasteiger partial charge >= 0.3 is 10.2 Å². The van der Waals surface area contributed by atoms with Gasteiger partial charge in [0.2, 0.25) is 0 Å². The smallest absolute Gasteiger partial charge is 0.308 e. The van der Waals surface area contributed by atoms with Gasteiger partial charge in [0.1, 0.15) is 17.6 Å². The predicted molar refractivity (Wildman–Crippen MR) is 83.3 cm³/mol. The van der Waals surface area contributed by atoms with Gasteiger partial charge in [0.25, 0.3) is 5.56 Å². The third-order valence-electron chi connectivity index (χ3n) is 3.31. The van der Waals surface area contributed by atoms with Gasteiger partial charge in [-0.05, 0) is 12.1 Å². The fourth-order valence-corrected chi connectivity index (χ4v) is 2.86. The van der Waals surface area contributed by atoms with E-state index in [0.29, 0.717) is 11.3 Å². The highest BCUT2D eigenvalue weighted by Gasteiger charge is 2.18. The number of rotatable bonds is 3. The van der Waals surface area contributed by atoms with Crippen LogP contribution in [-0.4, -0.2) is 50.8 Å². The Hall–Kier alpha value is -2.72. The molecule has 0 atom stereocenters. The van der Waals surface area contributed by atoms with Crippen molar-refractivity contribution in [1.82, 2.24) is 23.2 Å². The topological polar surface area (TPSA) is 121 Å². The van der Waals surface area contributed by atoms with E-state index in [1.165, 1.54) is 38.8 Å². The number of hydrogen-bond acceptors (Lipinski definition) is 6. The Morgan fingerprint density at radius 2 is 2.00 bits per heavy atom. The lowest BCUT2D eigenvalue weighted by molar-refractivity contribution is 0.480. The maximum absolute atomic E-state index is 12.0. The Morgan fingerprint density at radius 3 is 2.70 bits per heavy atom. The van der Waals surface area contributed by atoms with E-state index in [1.54, 1.807) is 0 Å². The van der Waals surface area contributed by atoms with Gasteiger partial charge in [-0.25, -0.2) is 13.9 Å². The molecule has 0 bridgehead atoms. The van der Waals surface area contributed by atoms with Crippen molar-refractivity contribution in [3.05, 3.63) is 41.3 Å². The first-order chi connectivity index (χ1) is 10.8. The number of nitrogens with one attached hydrogen (secondary N) is 1. The molecule has 3 aromatic rings. The van der Waals surface area contributed by atoms with Crippen molar-refractivity contribution >= 4 is 21.1 Å². The first-order valence-corrected chi connectivity index (χ1v) is 7.88. The number of phenols is 1. The van der Waals surface area contributed by atoms with Crippen molar-refractivity contribution in [2.45, 2.75) is 0 Å². The molecule has 0 aliphatic heterocycles. The van der Waals surface area contributed by atoms with E-state index in [-0.39, 0.29) is 16.7 Å². The third-order valence-corrected chi connectivity index (χ3v) is 4.96. The molecular formula is C13H13N5O4S. The number of H-pyrrole nitrogens is 1. The fraction of sp³-hybridized carbons (Fsp3) is 0.154. The highest BCUT2D eigenvalue weighted by atomic mass is 32.2. The molecule has 0 aliphatic rings. The minimum atomic E-state index is -3.68. The van der Waals surface area contributed by atoms with Crippen LogP contribution in [0.5, 0.6) is 5.75 Å². The maximum atomic E-state index is 12.0. The zero-order valence-corrected chi connectivity index (χ0v) is 13.1. The normalized spacial score (nSPS) is 12.1. The first kappa shape index (κ1) is 15.2. The summed E-state index contributed by atoms with van der Waals surface area (Å²) in [6.07, 6.45) is 3.66. The number of phenolic OH excluding ortho intramolecular Hbond substituents is 1. The monoisotopic (exact) mass is 335 g/mol. The lowest BCUT2D eigenvalue weighted by Gasteiger charge is -2.10. The van der Waals surface area contributed by atoms with E-state index >= 15 is 0 Å². The number of aromatic amines is 1. The van der Waals surface area contributed by atoms with Gasteiger partial charge in [-0.3, -0.25) is 4.79 Å². The second-order valence-electron chi connectivity index (χ2n) is 5.00. The zero-order chi connectivity index (χ0) is 16.8. The summed E-state index contributed by atoms with van der Waals surface area (Å²) < 4.78 is 26.1. The van der Waals surface area contributed by atoms with Gasteiger partial charge in [0.05, 0.1) is 17.4 Å². The molecule has 0 radical (unpaired) electrons. The van der Waals surface area contributed by atoms with Gasteiger partial charge in [0, 0.05) is 25.9 Å². The second-order valence-corrected chi connectivity index (χ2v) is 7.05. The number of benzene rings is 1. The van der Waals surface area contributed by atoms with E-state index in [0.717, 1.165) is 14.6 Å². The van der Waals surface area contributed by atoms with Crippen LogP contribution in [0.25, 0.3) is 22.2 Å². The van der Waals surface area contributed by atoms with Gasteiger partial charge in [0.15, 0.2) is 0 Å². The van der Waals surface area contributed by atoms with Crippen LogP contribution in [0.3, 0.4) is 0 Å². The minimum Gasteiger partial charge on any atom is -0.506 e. The average molecular weight is 335 g/mol. The molecule has 0 spiro atoms. The molecule has 1 aromatic carbocycles. The molecule has 9 nitrogen and oxygen atoms in total. The van der Waals surface area contributed by atoms with E-state index in [4.69, 9.17) is 0 Å². The fourth-order valence-electron chi connectivity index (χ4n) is 2.08. The Morgan fingerprint density at radius 1 is 1.26 bits per heavy atom. The summed E-state index contributed by atoms with van der Waals surface area (Å²) in [5.74, 6) is -0.186. The Kier molecular flexibility index (Phi) is 3.42. The van der Waals surface area contributed by atoms with Crippen LogP contribution < -0.4 is 5.56 Å². The number of aromatic hydroxyl groups is 1. The van der Waals surface area contributed by atoms with E-state index < -0.39 is 15.8 Å². The number of nitrogens with zero attached hydrogens (tertiary/aromatic N) is 4. The molecule has 0 amide bonds. The SMILES string of the molecule is CN(C)S(=O)(=O)n1cnc(-c2cc(O)c3nc[nH]c(=O)c3c2)c1. The van der Waals surface area contributed by atoms with Crippen LogP contribution in [0.2, 0.25) is 0 Å². The number of hydrogen-bond donors (Lipinski definition) is 2. The molecule has 0 unspecified atom stereocenters. The van der Waals surface area contributed by atoms with Crippen molar-refractivity contribution in [1.29, 1.82) is 0 Å². The predicted octanol–water partition coefficient (Wildman–Crippen LogP) is 0.147. The Labute approximate surface area is 131 Å². The molecule has 120 valence electrons. The lowest BCUT2D eigenvalue weighted by atomic mass is 10.1. The van der Waals surface area contributed by atoms with Crippen molar-refractivity contribution in [3.8, 4) is 17.0 Å². The summed E-state index contributed by atoms with van der Waals surface area (Å²) in [6.45, 7) is 0. The number of imidazole rings is 1. The van der Waals surface area contributed by atoms with Gasteiger partial charge < -0.3 is 10.1 Å². The molecule has 0 fully saturated rings. The molecule has 3 rings (SSSR count). The van der Waals surface area contributed by atoms with Crippen LogP contribution >= 0.6 is 0 Å². The molecule has 0 saturated carbocycles. The van der Waals surface area contributed by atoms with Crippen molar-refractivity contribution < 1.29 is 13.5 Å². The molecule has 10 heteroatoms. The van der Waals surface area contributed by atoms with Crippen LogP contribution in [-0.2, 0) is 10.2 Å². The number of aromatic nitrogens is 4. The van der Waals surface area contributed by atoms with Crippen LogP contribution in [0.4, 0.5) is 0 Å². The Balaban J connectivity index is 2.17. The van der Waals surface area contributed by atoms with E-state index in [2.05, 4.69) is 15.0 Å². The third kappa shape index (κ3) is 2.47. The molecule has 23 heavy (non-hydrogen) atoms. The van der Waals surface area contributed by atoms with Crippen molar-refractivity contribution in [2.75, 3.05) is 14.1 Å². The largest absolute Gasteiger partial charge is 0.506 e. The summed E-state index contributed by atoms with van der Waals surface area (Å²) in [6, 6.07) is 2.87. The molecule has 0 aliphatic carbocycles. The molecule has 2 N–H and O–H groups in total. The van der Waals surface area contributed by atoms with Gasteiger partial charge in [-0.15, -0.1) is 0 Å². The summed E-state index contributed by atoms with van der Waals surface area (Å²) in [5, 5.41) is 10.2. The molecular weight excluding hydrogens is 322 g/mol. The van der Waals surface area contributed by atoms with E-state index in [1.807, 2.05) is 0 Å². The number of fused-ring (bicyclic) bond motifs is 1. The van der Waals surface area contributed by atoms with Crippen molar-refractivity contribution in [2.24, 2.45) is 0 Å². The van der Waals surface area contributed by atoms with Gasteiger partial charge in [-0.2, -0.15) is 12.7 Å². The standard InChI is InChI=1S/C13H13N5O4S/c1-17(2)23(21,22)18-5-10(16-7-18)8-3-9-12(11(19)4-8)14-6-15-13(9)20/h3-7,19H,1-2H3,(H,14,15,20). The van der Waals surface area contributed by atoms with E-state index in [9.17, 15) is 18.3 Å². The molecule has 2 aromatic heterocycles. The summed E-state index contributed by atoms with van der Waals surface area (Å²) >= 11 is 0. The average Bonchev–Trinajstić information content (AvgIpc) is 2.98. The van der Waals surface area contributed by atoms with Crippen LogP contribution in [0.1, 0.15) is 0 Å². The van der Waals surface area contributed by atoms with Crippen LogP contribution in [0, 0.1) is 0 Å². The molecule has 0 saturated heterocycles. The summed E-state index contributed by atoms with van der Waals surface area (Å²) in [7, 11) is -0.870. The van der Waals surface area contributed by atoms with Gasteiger partial charge in [-0.1, -0.05) is 0 Å². The van der Waals surface area contributed by atoms with Crippen molar-refractivity contribution in [3.63, 3.8) is 0 Å². The minimum absolute atomic E-state index is 0.165. The lowest BCUT2D eigenvalue weighted by Crippen LogP contribution is -2.27. The summed E-state index contributed by atoms with van der Waals surface area (Å²) in [4.78, 5) is 22.2. The highest BCUT2D eigenvalue weighted by Crippen LogP contribution is 2.28. The zero-order valence-electron chi connectivity index (χ0n) is 12.3. The highest BCUT2D eigenvalue weighted by molar-refractivity contribution is 7.87. The molecule has 2 heterocycles. The quantitative estimate of drug-likeness (QED) is 0.702. The first-order valence-electron chi connectivity index (χ1n) is 6.48. The second kappa shape index (κ2) is 5.18. The summed E-state index contributed by atoms with van der Waals surface area (Å²) in [5.41, 5.74) is 0.461. The van der Waals surface area contributed by atoms with Crippen LogP contribution in [0.15, 0.2) is 35.8 Å². The maximum Gasteiger partial charge on any atom is 0.308 e.